The average Bonchev–Trinajstić information content (AvgIpc) is 3.13. The summed E-state index contributed by atoms with van der Waals surface area (Å²) in [4.78, 5) is 21.5. The van der Waals surface area contributed by atoms with Crippen molar-refractivity contribution in [1.82, 2.24) is 14.3 Å². The number of fused-ring (bicyclic) bond motifs is 2. The second-order valence-corrected chi connectivity index (χ2v) is 7.19. The van der Waals surface area contributed by atoms with E-state index in [1.54, 1.807) is 22.7 Å². The van der Waals surface area contributed by atoms with Gasteiger partial charge in [0.1, 0.15) is 0 Å². The van der Waals surface area contributed by atoms with Crippen molar-refractivity contribution in [1.29, 1.82) is 0 Å². The minimum atomic E-state index is 0.171. The maximum atomic E-state index is 12.6. The molecular formula is C15H15N3OS2. The van der Waals surface area contributed by atoms with Crippen molar-refractivity contribution in [2.45, 2.75) is 25.8 Å². The van der Waals surface area contributed by atoms with Crippen LogP contribution in [-0.2, 0) is 17.6 Å². The Labute approximate surface area is 130 Å². The van der Waals surface area contributed by atoms with Gasteiger partial charge < -0.3 is 4.90 Å². The van der Waals surface area contributed by atoms with Crippen LogP contribution < -0.4 is 0 Å². The summed E-state index contributed by atoms with van der Waals surface area (Å²) in [6.07, 6.45) is 5.29. The number of rotatable bonds is 2. The molecule has 0 fully saturated rings. The Morgan fingerprint density at radius 3 is 3.19 bits per heavy atom. The highest BCUT2D eigenvalue weighted by atomic mass is 32.1. The van der Waals surface area contributed by atoms with Gasteiger partial charge in [0, 0.05) is 29.2 Å². The van der Waals surface area contributed by atoms with Gasteiger partial charge in [0.15, 0.2) is 4.96 Å². The van der Waals surface area contributed by atoms with E-state index >= 15 is 0 Å². The zero-order valence-corrected chi connectivity index (χ0v) is 13.3. The molecule has 0 radical (unpaired) electrons. The van der Waals surface area contributed by atoms with E-state index in [1.807, 2.05) is 27.1 Å². The molecule has 4 rings (SSSR count). The molecule has 0 aromatic carbocycles. The molecule has 4 heterocycles. The van der Waals surface area contributed by atoms with Crippen LogP contribution >= 0.6 is 22.7 Å². The predicted molar refractivity (Wildman–Crippen MR) is 84.9 cm³/mol. The zero-order valence-electron chi connectivity index (χ0n) is 11.7. The third kappa shape index (κ3) is 2.18. The molecule has 1 atom stereocenters. The summed E-state index contributed by atoms with van der Waals surface area (Å²) < 4.78 is 1.98. The first-order valence-corrected chi connectivity index (χ1v) is 8.75. The molecule has 0 bridgehead atoms. The summed E-state index contributed by atoms with van der Waals surface area (Å²) in [5.74, 6) is 0.171. The second kappa shape index (κ2) is 4.96. The lowest BCUT2D eigenvalue weighted by Gasteiger charge is -2.33. The molecule has 1 unspecified atom stereocenters. The zero-order chi connectivity index (χ0) is 14.4. The molecule has 0 saturated carbocycles. The smallest absolute Gasteiger partial charge is 0.229 e. The van der Waals surface area contributed by atoms with E-state index < -0.39 is 0 Å². The van der Waals surface area contributed by atoms with Crippen LogP contribution in [0, 0.1) is 0 Å². The summed E-state index contributed by atoms with van der Waals surface area (Å²) in [5, 5.41) is 4.12. The van der Waals surface area contributed by atoms with E-state index in [4.69, 9.17) is 0 Å². The molecule has 0 aliphatic carbocycles. The van der Waals surface area contributed by atoms with Gasteiger partial charge in [-0.3, -0.25) is 9.20 Å². The first kappa shape index (κ1) is 13.0. The Morgan fingerprint density at radius 1 is 1.43 bits per heavy atom. The molecule has 6 heteroatoms. The average molecular weight is 317 g/mol. The summed E-state index contributed by atoms with van der Waals surface area (Å²) >= 11 is 3.39. The van der Waals surface area contributed by atoms with E-state index in [0.717, 1.165) is 23.6 Å². The van der Waals surface area contributed by atoms with Crippen LogP contribution in [0.15, 0.2) is 29.2 Å². The minimum absolute atomic E-state index is 0.171. The van der Waals surface area contributed by atoms with Gasteiger partial charge >= 0.3 is 0 Å². The lowest BCUT2D eigenvalue weighted by atomic mass is 10.0. The maximum Gasteiger partial charge on any atom is 0.229 e. The number of imidazole rings is 1. The SMILES string of the molecule is CC1c2ccsc2CCN1C(=O)Cc1cn2ccsc2n1. The fraction of sp³-hybridized carbons (Fsp3) is 0.333. The van der Waals surface area contributed by atoms with E-state index in [1.165, 1.54) is 10.4 Å². The molecule has 3 aromatic heterocycles. The Bertz CT molecular complexity index is 772. The Balaban J connectivity index is 1.54. The third-order valence-corrected chi connectivity index (χ3v) is 5.84. The van der Waals surface area contributed by atoms with Crippen LogP contribution in [0.3, 0.4) is 0 Å². The monoisotopic (exact) mass is 317 g/mol. The minimum Gasteiger partial charge on any atom is -0.335 e. The van der Waals surface area contributed by atoms with Crippen molar-refractivity contribution < 1.29 is 4.79 Å². The number of amides is 1. The molecule has 1 aliphatic heterocycles. The number of carbonyl (C=O) groups excluding carboxylic acids is 1. The van der Waals surface area contributed by atoms with Gasteiger partial charge in [0.05, 0.1) is 18.2 Å². The molecular weight excluding hydrogens is 302 g/mol. The Morgan fingerprint density at radius 2 is 2.33 bits per heavy atom. The fourth-order valence-corrected chi connectivity index (χ4v) is 4.65. The largest absolute Gasteiger partial charge is 0.335 e. The highest BCUT2D eigenvalue weighted by molar-refractivity contribution is 7.15. The molecule has 0 spiro atoms. The fourth-order valence-electron chi connectivity index (χ4n) is 2.97. The highest BCUT2D eigenvalue weighted by Gasteiger charge is 2.28. The Kier molecular flexibility index (Phi) is 3.08. The summed E-state index contributed by atoms with van der Waals surface area (Å²) in [6.45, 7) is 2.93. The quantitative estimate of drug-likeness (QED) is 0.728. The van der Waals surface area contributed by atoms with Crippen LogP contribution in [0.25, 0.3) is 4.96 Å². The van der Waals surface area contributed by atoms with Gasteiger partial charge in [-0.25, -0.2) is 4.98 Å². The van der Waals surface area contributed by atoms with Crippen LogP contribution in [0.2, 0.25) is 0 Å². The molecule has 0 N–H and O–H groups in total. The van der Waals surface area contributed by atoms with Crippen molar-refractivity contribution >= 4 is 33.5 Å². The third-order valence-electron chi connectivity index (χ3n) is 4.07. The van der Waals surface area contributed by atoms with Crippen LogP contribution in [-0.4, -0.2) is 26.7 Å². The molecule has 0 saturated heterocycles. The van der Waals surface area contributed by atoms with Crippen LogP contribution in [0.4, 0.5) is 0 Å². The predicted octanol–water partition coefficient (Wildman–Crippen LogP) is 3.15. The number of nitrogens with zero attached hydrogens (tertiary/aromatic N) is 3. The topological polar surface area (TPSA) is 37.6 Å². The van der Waals surface area contributed by atoms with Gasteiger partial charge in [-0.2, -0.15) is 0 Å². The van der Waals surface area contributed by atoms with Crippen LogP contribution in [0.1, 0.15) is 29.1 Å². The van der Waals surface area contributed by atoms with Gasteiger partial charge in [0.2, 0.25) is 5.91 Å². The number of hydrogen-bond donors (Lipinski definition) is 0. The second-order valence-electron chi connectivity index (χ2n) is 5.31. The first-order chi connectivity index (χ1) is 10.2. The van der Waals surface area contributed by atoms with Crippen molar-refractivity contribution in [3.8, 4) is 0 Å². The highest BCUT2D eigenvalue weighted by Crippen LogP contribution is 2.33. The molecule has 108 valence electrons. The normalized spacial score (nSPS) is 18.1. The number of aromatic nitrogens is 2. The lowest BCUT2D eigenvalue weighted by molar-refractivity contribution is -0.133. The number of hydrogen-bond acceptors (Lipinski definition) is 4. The summed E-state index contributed by atoms with van der Waals surface area (Å²) in [7, 11) is 0. The van der Waals surface area contributed by atoms with E-state index in [9.17, 15) is 4.79 Å². The van der Waals surface area contributed by atoms with Crippen molar-refractivity contribution in [3.05, 3.63) is 45.4 Å². The molecule has 1 amide bonds. The van der Waals surface area contributed by atoms with Gasteiger partial charge in [0.25, 0.3) is 0 Å². The van der Waals surface area contributed by atoms with Gasteiger partial charge in [-0.1, -0.05) is 0 Å². The number of carbonyl (C=O) groups is 1. The summed E-state index contributed by atoms with van der Waals surface area (Å²) in [5.41, 5.74) is 2.17. The van der Waals surface area contributed by atoms with E-state index in [0.29, 0.717) is 6.42 Å². The maximum absolute atomic E-state index is 12.6. The molecule has 1 aliphatic rings. The molecule has 21 heavy (non-hydrogen) atoms. The number of thiophene rings is 1. The van der Waals surface area contributed by atoms with E-state index in [-0.39, 0.29) is 11.9 Å². The van der Waals surface area contributed by atoms with Gasteiger partial charge in [-0.05, 0) is 30.4 Å². The van der Waals surface area contributed by atoms with Crippen molar-refractivity contribution in [3.63, 3.8) is 0 Å². The molecule has 4 nitrogen and oxygen atoms in total. The standard InChI is InChI=1S/C15H15N3OS2/c1-10-12-3-6-20-13(12)2-4-18(10)14(19)8-11-9-17-5-7-21-15(17)16-11/h3,5-7,9-10H,2,4,8H2,1H3. The molecule has 3 aromatic rings. The Hall–Kier alpha value is -1.66. The van der Waals surface area contributed by atoms with E-state index in [2.05, 4.69) is 23.4 Å². The lowest BCUT2D eigenvalue weighted by Crippen LogP contribution is -2.39. The van der Waals surface area contributed by atoms with Crippen molar-refractivity contribution in [2.75, 3.05) is 6.54 Å². The number of thiazole rings is 1. The van der Waals surface area contributed by atoms with Gasteiger partial charge in [-0.15, -0.1) is 22.7 Å². The van der Waals surface area contributed by atoms with Crippen LogP contribution in [0.5, 0.6) is 0 Å². The first-order valence-electron chi connectivity index (χ1n) is 6.99. The summed E-state index contributed by atoms with van der Waals surface area (Å²) in [6, 6.07) is 2.33. The van der Waals surface area contributed by atoms with Crippen molar-refractivity contribution in [2.24, 2.45) is 0 Å².